The number of carbonyl (C=O) groups is 2. The zero-order valence-electron chi connectivity index (χ0n) is 18.7. The van der Waals surface area contributed by atoms with Gasteiger partial charge in [-0.05, 0) is 47.2 Å². The highest BCUT2D eigenvalue weighted by molar-refractivity contribution is 8.18. The van der Waals surface area contributed by atoms with Gasteiger partial charge in [-0.15, -0.1) is 0 Å². The van der Waals surface area contributed by atoms with Gasteiger partial charge in [0, 0.05) is 6.07 Å². The van der Waals surface area contributed by atoms with Gasteiger partial charge in [-0.25, -0.2) is 0 Å². The highest BCUT2D eigenvalue weighted by Crippen LogP contribution is 2.40. The van der Waals surface area contributed by atoms with Crippen molar-refractivity contribution >= 4 is 40.4 Å². The number of hydrogen-bond acceptors (Lipinski definition) is 9. The van der Waals surface area contributed by atoms with Crippen LogP contribution in [0.2, 0.25) is 0 Å². The highest BCUT2D eigenvalue weighted by Gasteiger charge is 2.35. The number of nitro groups is 2. The molecular weight excluding hydrogens is 490 g/mol. The van der Waals surface area contributed by atoms with Crippen LogP contribution in [-0.4, -0.2) is 33.0 Å². The molecular formula is C24H17N3O8S. The Labute approximate surface area is 208 Å². The van der Waals surface area contributed by atoms with Gasteiger partial charge in [0.2, 0.25) is 5.75 Å². The number of carbonyl (C=O) groups excluding carboxylic acids is 2. The number of nitrogens with zero attached hydrogens (tertiary/aromatic N) is 3. The SMILES string of the molecule is COc1ccc(/C=C2\SC(=O)N(Cc3ccccc3)C2=O)cc1Oc1ccc([N+](=O)[O-])cc1[N+](=O)[O-]. The summed E-state index contributed by atoms with van der Waals surface area (Å²) in [6.07, 6.45) is 1.51. The van der Waals surface area contributed by atoms with Gasteiger partial charge >= 0.3 is 5.69 Å². The van der Waals surface area contributed by atoms with E-state index in [-0.39, 0.29) is 28.7 Å². The largest absolute Gasteiger partial charge is 0.493 e. The smallest absolute Gasteiger partial charge is 0.318 e. The molecule has 0 aromatic heterocycles. The molecule has 1 saturated heterocycles. The number of methoxy groups -OCH3 is 1. The molecule has 3 aromatic rings. The highest BCUT2D eigenvalue weighted by atomic mass is 32.2. The second-order valence-electron chi connectivity index (χ2n) is 7.43. The molecule has 0 aliphatic carbocycles. The Hall–Kier alpha value is -4.71. The number of thioether (sulfide) groups is 1. The van der Waals surface area contributed by atoms with Gasteiger partial charge in [0.15, 0.2) is 11.5 Å². The first-order valence-corrected chi connectivity index (χ1v) is 11.2. The molecule has 0 radical (unpaired) electrons. The van der Waals surface area contributed by atoms with Crippen LogP contribution in [0.4, 0.5) is 16.2 Å². The Balaban J connectivity index is 1.62. The minimum absolute atomic E-state index is 0.0757. The van der Waals surface area contributed by atoms with Crippen LogP contribution in [0.25, 0.3) is 6.08 Å². The number of benzene rings is 3. The molecule has 0 atom stereocenters. The van der Waals surface area contributed by atoms with Gasteiger partial charge in [-0.2, -0.15) is 0 Å². The molecule has 11 nitrogen and oxygen atoms in total. The summed E-state index contributed by atoms with van der Waals surface area (Å²) in [4.78, 5) is 47.6. The fourth-order valence-corrected chi connectivity index (χ4v) is 4.22. The molecule has 0 unspecified atom stereocenters. The van der Waals surface area contributed by atoms with Crippen molar-refractivity contribution in [1.82, 2.24) is 4.90 Å². The Morgan fingerprint density at radius 1 is 0.917 bits per heavy atom. The first-order valence-electron chi connectivity index (χ1n) is 10.3. The molecule has 182 valence electrons. The van der Waals surface area contributed by atoms with Crippen LogP contribution in [0.1, 0.15) is 11.1 Å². The summed E-state index contributed by atoms with van der Waals surface area (Å²) in [5, 5.41) is 22.0. The van der Waals surface area contributed by atoms with E-state index in [1.165, 1.54) is 25.3 Å². The molecule has 0 saturated carbocycles. The lowest BCUT2D eigenvalue weighted by molar-refractivity contribution is -0.394. The average Bonchev–Trinajstić information content (AvgIpc) is 3.12. The van der Waals surface area contributed by atoms with Crippen molar-refractivity contribution in [2.24, 2.45) is 0 Å². The zero-order chi connectivity index (χ0) is 25.8. The summed E-state index contributed by atoms with van der Waals surface area (Å²) in [5.41, 5.74) is 0.228. The average molecular weight is 507 g/mol. The molecule has 1 aliphatic heterocycles. The van der Waals surface area contributed by atoms with Crippen molar-refractivity contribution in [1.29, 1.82) is 0 Å². The van der Waals surface area contributed by atoms with E-state index in [9.17, 15) is 29.8 Å². The summed E-state index contributed by atoms with van der Waals surface area (Å²) < 4.78 is 11.0. The number of nitro benzene ring substituents is 2. The summed E-state index contributed by atoms with van der Waals surface area (Å²) in [7, 11) is 1.38. The van der Waals surface area contributed by atoms with Crippen molar-refractivity contribution in [3.05, 3.63) is 103 Å². The molecule has 0 bridgehead atoms. The molecule has 1 aliphatic rings. The molecule has 2 amide bonds. The number of hydrogen-bond donors (Lipinski definition) is 0. The first-order chi connectivity index (χ1) is 17.3. The van der Waals surface area contributed by atoms with E-state index in [1.54, 1.807) is 6.07 Å². The molecule has 3 aromatic carbocycles. The third kappa shape index (κ3) is 5.18. The van der Waals surface area contributed by atoms with E-state index in [0.29, 0.717) is 5.56 Å². The second kappa shape index (κ2) is 10.3. The number of imide groups is 1. The lowest BCUT2D eigenvalue weighted by atomic mass is 10.1. The second-order valence-corrected chi connectivity index (χ2v) is 8.43. The molecule has 1 fully saturated rings. The van der Waals surface area contributed by atoms with E-state index in [1.807, 2.05) is 30.3 Å². The van der Waals surface area contributed by atoms with Crippen LogP contribution in [0.3, 0.4) is 0 Å². The number of amides is 2. The zero-order valence-corrected chi connectivity index (χ0v) is 19.5. The van der Waals surface area contributed by atoms with Gasteiger partial charge in [-0.3, -0.25) is 34.7 Å². The van der Waals surface area contributed by atoms with Crippen molar-refractivity contribution in [2.75, 3.05) is 7.11 Å². The lowest BCUT2D eigenvalue weighted by Crippen LogP contribution is -2.27. The topological polar surface area (TPSA) is 142 Å². The molecule has 4 rings (SSSR count). The number of rotatable bonds is 8. The summed E-state index contributed by atoms with van der Waals surface area (Å²) in [6.45, 7) is 0.142. The molecule has 36 heavy (non-hydrogen) atoms. The predicted molar refractivity (Wildman–Crippen MR) is 131 cm³/mol. The van der Waals surface area contributed by atoms with E-state index in [2.05, 4.69) is 0 Å². The minimum Gasteiger partial charge on any atom is -0.493 e. The van der Waals surface area contributed by atoms with Crippen LogP contribution >= 0.6 is 11.8 Å². The molecule has 12 heteroatoms. The Morgan fingerprint density at radius 3 is 2.31 bits per heavy atom. The minimum atomic E-state index is -0.790. The standard InChI is InChI=1S/C24H17N3O8S/c1-34-20-9-7-16(11-21(20)35-19-10-8-17(26(30)31)13-18(19)27(32)33)12-22-23(28)25(24(29)36-22)14-15-5-3-2-4-6-15/h2-13H,14H2,1H3/b22-12-. The van der Waals surface area contributed by atoms with E-state index < -0.39 is 32.4 Å². The maximum Gasteiger partial charge on any atom is 0.318 e. The number of ether oxygens (including phenoxy) is 2. The normalized spacial score (nSPS) is 14.2. The van der Waals surface area contributed by atoms with E-state index in [0.717, 1.165) is 40.4 Å². The summed E-state index contributed by atoms with van der Waals surface area (Å²) in [6, 6.07) is 16.8. The Kier molecular flexibility index (Phi) is 6.97. The predicted octanol–water partition coefficient (Wildman–Crippen LogP) is 5.54. The maximum absolute atomic E-state index is 12.9. The Morgan fingerprint density at radius 2 is 1.64 bits per heavy atom. The third-order valence-corrected chi connectivity index (χ3v) is 6.02. The monoisotopic (exact) mass is 507 g/mol. The van der Waals surface area contributed by atoms with Crippen LogP contribution in [0.5, 0.6) is 17.2 Å². The summed E-state index contributed by atoms with van der Waals surface area (Å²) in [5.74, 6) is -0.369. The van der Waals surface area contributed by atoms with Crippen molar-refractivity contribution in [3.8, 4) is 17.2 Å². The van der Waals surface area contributed by atoms with E-state index >= 15 is 0 Å². The number of non-ortho nitro benzene ring substituents is 1. The van der Waals surface area contributed by atoms with Gasteiger partial charge < -0.3 is 9.47 Å². The Bertz CT molecular complexity index is 1410. The van der Waals surface area contributed by atoms with Crippen LogP contribution < -0.4 is 9.47 Å². The van der Waals surface area contributed by atoms with Gasteiger partial charge in [0.25, 0.3) is 16.8 Å². The van der Waals surface area contributed by atoms with Crippen molar-refractivity contribution in [3.63, 3.8) is 0 Å². The molecule has 1 heterocycles. The van der Waals surface area contributed by atoms with Gasteiger partial charge in [-0.1, -0.05) is 36.4 Å². The van der Waals surface area contributed by atoms with Crippen LogP contribution in [0, 0.1) is 20.2 Å². The fourth-order valence-electron chi connectivity index (χ4n) is 3.38. The maximum atomic E-state index is 12.9. The fraction of sp³-hybridized carbons (Fsp3) is 0.0833. The quantitative estimate of drug-likeness (QED) is 0.218. The summed E-state index contributed by atoms with van der Waals surface area (Å²) >= 11 is 0.800. The van der Waals surface area contributed by atoms with E-state index in [4.69, 9.17) is 9.47 Å². The third-order valence-electron chi connectivity index (χ3n) is 5.11. The van der Waals surface area contributed by atoms with Gasteiger partial charge in [0.05, 0.1) is 34.5 Å². The molecule has 0 N–H and O–H groups in total. The van der Waals surface area contributed by atoms with Crippen molar-refractivity contribution in [2.45, 2.75) is 6.54 Å². The van der Waals surface area contributed by atoms with Crippen molar-refractivity contribution < 1.29 is 28.9 Å². The van der Waals surface area contributed by atoms with Crippen LogP contribution in [0.15, 0.2) is 71.6 Å². The van der Waals surface area contributed by atoms with Gasteiger partial charge in [0.1, 0.15) is 0 Å². The first kappa shape index (κ1) is 24.4. The lowest BCUT2D eigenvalue weighted by Gasteiger charge is -2.12. The van der Waals surface area contributed by atoms with Crippen LogP contribution in [-0.2, 0) is 11.3 Å². The molecule has 0 spiro atoms.